The number of likely N-dealkylation sites (tertiary alicyclic amines) is 1. The minimum absolute atomic E-state index is 0.0959. The van der Waals surface area contributed by atoms with Crippen molar-refractivity contribution in [2.75, 3.05) is 38.0 Å². The van der Waals surface area contributed by atoms with Gasteiger partial charge in [0.15, 0.2) is 0 Å². The third-order valence-corrected chi connectivity index (χ3v) is 4.13. The number of carbonyl (C=O) groups excluding carboxylic acids is 1. The molecule has 2 unspecified atom stereocenters. The standard InChI is InChI=1S/C15H21N3O/c1-11-3-2-4-14(5-11)17-15(19)10-18-8-12-6-16-7-13(12)9-18/h2-5,12-13,16H,6-10H2,1H3,(H,17,19). The Hall–Kier alpha value is -1.39. The summed E-state index contributed by atoms with van der Waals surface area (Å²) in [4.78, 5) is 14.3. The molecule has 0 aliphatic carbocycles. The molecule has 19 heavy (non-hydrogen) atoms. The summed E-state index contributed by atoms with van der Waals surface area (Å²) in [5, 5.41) is 6.40. The first kappa shape index (κ1) is 12.6. The molecule has 102 valence electrons. The van der Waals surface area contributed by atoms with Crippen LogP contribution in [-0.2, 0) is 4.79 Å². The van der Waals surface area contributed by atoms with Gasteiger partial charge in [0.05, 0.1) is 6.54 Å². The van der Waals surface area contributed by atoms with Gasteiger partial charge in [-0.15, -0.1) is 0 Å². The van der Waals surface area contributed by atoms with Gasteiger partial charge in [-0.05, 0) is 49.5 Å². The van der Waals surface area contributed by atoms with Crippen molar-refractivity contribution in [3.8, 4) is 0 Å². The summed E-state index contributed by atoms with van der Waals surface area (Å²) in [5.74, 6) is 1.58. The normalized spacial score (nSPS) is 26.4. The van der Waals surface area contributed by atoms with Crippen molar-refractivity contribution in [3.63, 3.8) is 0 Å². The SMILES string of the molecule is Cc1cccc(NC(=O)CN2CC3CNCC3C2)c1. The van der Waals surface area contributed by atoms with E-state index in [1.807, 2.05) is 31.2 Å². The molecule has 2 heterocycles. The summed E-state index contributed by atoms with van der Waals surface area (Å²) in [5.41, 5.74) is 2.06. The van der Waals surface area contributed by atoms with Crippen LogP contribution in [0.2, 0.25) is 0 Å². The van der Waals surface area contributed by atoms with Gasteiger partial charge in [0, 0.05) is 18.8 Å². The zero-order chi connectivity index (χ0) is 13.2. The third-order valence-electron chi connectivity index (χ3n) is 4.13. The molecular weight excluding hydrogens is 238 g/mol. The molecule has 0 aromatic heterocycles. The zero-order valence-electron chi connectivity index (χ0n) is 11.4. The highest BCUT2D eigenvalue weighted by Gasteiger charge is 2.36. The van der Waals surface area contributed by atoms with E-state index in [1.54, 1.807) is 0 Å². The Labute approximate surface area is 114 Å². The number of aryl methyl sites for hydroxylation is 1. The minimum Gasteiger partial charge on any atom is -0.325 e. The monoisotopic (exact) mass is 259 g/mol. The van der Waals surface area contributed by atoms with E-state index < -0.39 is 0 Å². The molecular formula is C15H21N3O. The molecule has 1 aromatic rings. The minimum atomic E-state index is 0.0959. The van der Waals surface area contributed by atoms with Crippen LogP contribution in [0.1, 0.15) is 5.56 Å². The highest BCUT2D eigenvalue weighted by molar-refractivity contribution is 5.92. The second-order valence-electron chi connectivity index (χ2n) is 5.79. The molecule has 1 amide bonds. The van der Waals surface area contributed by atoms with Crippen LogP contribution in [0.3, 0.4) is 0 Å². The Morgan fingerprint density at radius 1 is 1.37 bits per heavy atom. The van der Waals surface area contributed by atoms with Crippen molar-refractivity contribution in [3.05, 3.63) is 29.8 Å². The second kappa shape index (κ2) is 5.31. The Morgan fingerprint density at radius 2 is 2.11 bits per heavy atom. The van der Waals surface area contributed by atoms with E-state index in [0.29, 0.717) is 6.54 Å². The maximum Gasteiger partial charge on any atom is 0.238 e. The molecule has 2 N–H and O–H groups in total. The summed E-state index contributed by atoms with van der Waals surface area (Å²) >= 11 is 0. The van der Waals surface area contributed by atoms with Crippen LogP contribution in [0.15, 0.2) is 24.3 Å². The number of fused-ring (bicyclic) bond motifs is 1. The predicted octanol–water partition coefficient (Wildman–Crippen LogP) is 1.08. The van der Waals surface area contributed by atoms with Crippen LogP contribution < -0.4 is 10.6 Å². The van der Waals surface area contributed by atoms with Crippen LogP contribution >= 0.6 is 0 Å². The van der Waals surface area contributed by atoms with Gasteiger partial charge in [-0.2, -0.15) is 0 Å². The quantitative estimate of drug-likeness (QED) is 0.854. The van der Waals surface area contributed by atoms with Crippen molar-refractivity contribution in [1.29, 1.82) is 0 Å². The highest BCUT2D eigenvalue weighted by atomic mass is 16.2. The molecule has 0 saturated carbocycles. The lowest BCUT2D eigenvalue weighted by Crippen LogP contribution is -2.33. The molecule has 0 radical (unpaired) electrons. The fourth-order valence-electron chi connectivity index (χ4n) is 3.21. The first-order valence-corrected chi connectivity index (χ1v) is 7.00. The highest BCUT2D eigenvalue weighted by Crippen LogP contribution is 2.25. The smallest absolute Gasteiger partial charge is 0.238 e. The average Bonchev–Trinajstić information content (AvgIpc) is 2.89. The Morgan fingerprint density at radius 3 is 2.79 bits per heavy atom. The molecule has 2 aliphatic rings. The van der Waals surface area contributed by atoms with Gasteiger partial charge in [0.1, 0.15) is 0 Å². The molecule has 2 aliphatic heterocycles. The van der Waals surface area contributed by atoms with Crippen molar-refractivity contribution in [1.82, 2.24) is 10.2 Å². The van der Waals surface area contributed by atoms with Crippen LogP contribution in [0, 0.1) is 18.8 Å². The lowest BCUT2D eigenvalue weighted by molar-refractivity contribution is -0.117. The number of benzene rings is 1. The average molecular weight is 259 g/mol. The van der Waals surface area contributed by atoms with E-state index >= 15 is 0 Å². The van der Waals surface area contributed by atoms with Crippen molar-refractivity contribution >= 4 is 11.6 Å². The molecule has 4 nitrogen and oxygen atoms in total. The molecule has 1 aromatic carbocycles. The maximum absolute atomic E-state index is 12.0. The lowest BCUT2D eigenvalue weighted by Gasteiger charge is -2.16. The van der Waals surface area contributed by atoms with Crippen molar-refractivity contribution < 1.29 is 4.79 Å². The van der Waals surface area contributed by atoms with Gasteiger partial charge in [0.2, 0.25) is 5.91 Å². The Balaban J connectivity index is 1.52. The third kappa shape index (κ3) is 2.96. The lowest BCUT2D eigenvalue weighted by atomic mass is 10.0. The summed E-state index contributed by atoms with van der Waals surface area (Å²) in [7, 11) is 0. The topological polar surface area (TPSA) is 44.4 Å². The van der Waals surface area contributed by atoms with E-state index in [2.05, 4.69) is 15.5 Å². The largest absolute Gasteiger partial charge is 0.325 e. The van der Waals surface area contributed by atoms with E-state index in [0.717, 1.165) is 43.7 Å². The summed E-state index contributed by atoms with van der Waals surface area (Å²) in [6.07, 6.45) is 0. The predicted molar refractivity (Wildman–Crippen MR) is 76.1 cm³/mol. The summed E-state index contributed by atoms with van der Waals surface area (Å²) < 4.78 is 0. The van der Waals surface area contributed by atoms with Crippen LogP contribution in [0.5, 0.6) is 0 Å². The summed E-state index contributed by atoms with van der Waals surface area (Å²) in [6, 6.07) is 7.94. The first-order chi connectivity index (χ1) is 9.20. The van der Waals surface area contributed by atoms with Gasteiger partial charge in [-0.1, -0.05) is 12.1 Å². The number of rotatable bonds is 3. The second-order valence-corrected chi connectivity index (χ2v) is 5.79. The number of nitrogens with one attached hydrogen (secondary N) is 2. The fraction of sp³-hybridized carbons (Fsp3) is 0.533. The van der Waals surface area contributed by atoms with Crippen LogP contribution in [0.4, 0.5) is 5.69 Å². The Kier molecular flexibility index (Phi) is 3.53. The molecule has 0 spiro atoms. The number of carbonyl (C=O) groups is 1. The van der Waals surface area contributed by atoms with Gasteiger partial charge in [-0.25, -0.2) is 0 Å². The molecule has 2 saturated heterocycles. The molecule has 4 heteroatoms. The number of anilines is 1. The van der Waals surface area contributed by atoms with E-state index in [4.69, 9.17) is 0 Å². The number of hydrogen-bond donors (Lipinski definition) is 2. The van der Waals surface area contributed by atoms with Crippen molar-refractivity contribution in [2.45, 2.75) is 6.92 Å². The number of nitrogens with zero attached hydrogens (tertiary/aromatic N) is 1. The van der Waals surface area contributed by atoms with Crippen LogP contribution in [-0.4, -0.2) is 43.5 Å². The van der Waals surface area contributed by atoms with Crippen molar-refractivity contribution in [2.24, 2.45) is 11.8 Å². The number of hydrogen-bond acceptors (Lipinski definition) is 3. The molecule has 0 bridgehead atoms. The summed E-state index contributed by atoms with van der Waals surface area (Å²) in [6.45, 7) is 6.88. The Bertz CT molecular complexity index is 462. The maximum atomic E-state index is 12.0. The van der Waals surface area contributed by atoms with Gasteiger partial charge < -0.3 is 10.6 Å². The number of amides is 1. The van der Waals surface area contributed by atoms with Crippen LogP contribution in [0.25, 0.3) is 0 Å². The first-order valence-electron chi connectivity index (χ1n) is 7.00. The molecule has 2 atom stereocenters. The zero-order valence-corrected chi connectivity index (χ0v) is 11.4. The molecule has 3 rings (SSSR count). The van der Waals surface area contributed by atoms with Gasteiger partial charge in [-0.3, -0.25) is 9.69 Å². The van der Waals surface area contributed by atoms with E-state index in [1.165, 1.54) is 5.56 Å². The fourth-order valence-corrected chi connectivity index (χ4v) is 3.21. The van der Waals surface area contributed by atoms with Gasteiger partial charge >= 0.3 is 0 Å². The van der Waals surface area contributed by atoms with E-state index in [9.17, 15) is 4.79 Å². The van der Waals surface area contributed by atoms with E-state index in [-0.39, 0.29) is 5.91 Å². The molecule has 2 fully saturated rings. The van der Waals surface area contributed by atoms with Gasteiger partial charge in [0.25, 0.3) is 0 Å².